The second-order valence-corrected chi connectivity index (χ2v) is 4.35. The molecule has 0 saturated heterocycles. The van der Waals surface area contributed by atoms with Gasteiger partial charge in [0.1, 0.15) is 6.04 Å². The average Bonchev–Trinajstić information content (AvgIpc) is 2.16. The van der Waals surface area contributed by atoms with Gasteiger partial charge in [0.05, 0.1) is 0 Å². The summed E-state index contributed by atoms with van der Waals surface area (Å²) >= 11 is 1.72. The van der Waals surface area contributed by atoms with E-state index in [1.165, 1.54) is 0 Å². The van der Waals surface area contributed by atoms with Crippen molar-refractivity contribution in [1.29, 1.82) is 0 Å². The summed E-state index contributed by atoms with van der Waals surface area (Å²) in [5, 5.41) is 17.0. The van der Waals surface area contributed by atoms with E-state index in [4.69, 9.17) is 15.9 Å². The van der Waals surface area contributed by atoms with E-state index in [0.717, 1.165) is 30.8 Å². The van der Waals surface area contributed by atoms with Crippen molar-refractivity contribution < 1.29 is 15.0 Å². The van der Waals surface area contributed by atoms with Crippen molar-refractivity contribution in [3.05, 3.63) is 0 Å². The van der Waals surface area contributed by atoms with Gasteiger partial charge in [0, 0.05) is 6.61 Å². The molecule has 0 aliphatic heterocycles. The second-order valence-electron chi connectivity index (χ2n) is 3.13. The van der Waals surface area contributed by atoms with Gasteiger partial charge in [0.2, 0.25) is 0 Å². The minimum atomic E-state index is -0.925. The number of hydrogen-bond acceptors (Lipinski definition) is 4. The van der Waals surface area contributed by atoms with Crippen molar-refractivity contribution in [3.63, 3.8) is 0 Å². The minimum absolute atomic E-state index is 0.258. The second kappa shape index (κ2) is 9.30. The van der Waals surface area contributed by atoms with Gasteiger partial charge in [-0.05, 0) is 30.8 Å². The van der Waals surface area contributed by atoms with Crippen LogP contribution >= 0.6 is 11.8 Å². The van der Waals surface area contributed by atoms with E-state index in [1.54, 1.807) is 11.8 Å². The van der Waals surface area contributed by atoms with Crippen molar-refractivity contribution in [3.8, 4) is 0 Å². The summed E-state index contributed by atoms with van der Waals surface area (Å²) in [5.41, 5.74) is 5.33. The van der Waals surface area contributed by atoms with E-state index in [1.807, 2.05) is 0 Å². The molecule has 4 N–H and O–H groups in total. The summed E-state index contributed by atoms with van der Waals surface area (Å²) in [7, 11) is 0. The zero-order valence-corrected chi connectivity index (χ0v) is 9.13. The highest BCUT2D eigenvalue weighted by Crippen LogP contribution is 2.08. The molecule has 0 aromatic rings. The average molecular weight is 221 g/mol. The molecule has 0 amide bonds. The number of hydrogen-bond donors (Lipinski definition) is 3. The third-order valence-corrected chi connectivity index (χ3v) is 2.94. The van der Waals surface area contributed by atoms with E-state index < -0.39 is 12.0 Å². The van der Waals surface area contributed by atoms with Crippen LogP contribution in [-0.2, 0) is 4.79 Å². The van der Waals surface area contributed by atoms with E-state index >= 15 is 0 Å². The summed E-state index contributed by atoms with van der Waals surface area (Å²) in [6, 6.07) is -0.722. The minimum Gasteiger partial charge on any atom is -0.480 e. The summed E-state index contributed by atoms with van der Waals surface area (Å²) in [4.78, 5) is 10.3. The van der Waals surface area contributed by atoms with Crippen LogP contribution in [0.25, 0.3) is 0 Å². The van der Waals surface area contributed by atoms with Gasteiger partial charge in [0.25, 0.3) is 0 Å². The number of thioether (sulfide) groups is 1. The van der Waals surface area contributed by atoms with Gasteiger partial charge >= 0.3 is 5.97 Å². The lowest BCUT2D eigenvalue weighted by atomic mass is 10.2. The van der Waals surface area contributed by atoms with Crippen LogP contribution in [0.2, 0.25) is 0 Å². The van der Waals surface area contributed by atoms with Gasteiger partial charge in [-0.25, -0.2) is 0 Å². The Morgan fingerprint density at radius 2 is 2.00 bits per heavy atom. The van der Waals surface area contributed by atoms with E-state index in [-0.39, 0.29) is 6.61 Å². The third kappa shape index (κ3) is 8.34. The number of aliphatic hydroxyl groups is 1. The SMILES string of the molecule is NC(CCSCCCCCO)C(=O)O. The highest BCUT2D eigenvalue weighted by molar-refractivity contribution is 7.99. The number of nitrogens with two attached hydrogens (primary N) is 1. The number of unbranched alkanes of at least 4 members (excludes halogenated alkanes) is 2. The Labute approximate surface area is 88.9 Å². The fourth-order valence-electron chi connectivity index (χ4n) is 0.929. The Kier molecular flexibility index (Phi) is 9.13. The quantitative estimate of drug-likeness (QED) is 0.499. The van der Waals surface area contributed by atoms with E-state index in [2.05, 4.69) is 0 Å². The van der Waals surface area contributed by atoms with Crippen molar-refractivity contribution in [2.75, 3.05) is 18.1 Å². The zero-order valence-electron chi connectivity index (χ0n) is 8.32. The van der Waals surface area contributed by atoms with Crippen LogP contribution in [0.5, 0.6) is 0 Å². The molecule has 84 valence electrons. The van der Waals surface area contributed by atoms with Crippen LogP contribution in [0.1, 0.15) is 25.7 Å². The molecule has 0 aromatic heterocycles. The van der Waals surface area contributed by atoms with Crippen LogP contribution in [0.15, 0.2) is 0 Å². The third-order valence-electron chi connectivity index (χ3n) is 1.84. The molecule has 4 nitrogen and oxygen atoms in total. The molecule has 0 bridgehead atoms. The Morgan fingerprint density at radius 3 is 2.57 bits per heavy atom. The molecular weight excluding hydrogens is 202 g/mol. The summed E-state index contributed by atoms with van der Waals surface area (Å²) in [6.45, 7) is 0.258. The molecule has 0 fully saturated rings. The summed E-state index contributed by atoms with van der Waals surface area (Å²) < 4.78 is 0. The predicted molar refractivity (Wildman–Crippen MR) is 58.5 cm³/mol. The maximum Gasteiger partial charge on any atom is 0.320 e. The lowest BCUT2D eigenvalue weighted by Gasteiger charge is -2.05. The lowest BCUT2D eigenvalue weighted by molar-refractivity contribution is -0.138. The molecule has 0 spiro atoms. The molecular formula is C9H19NO3S. The monoisotopic (exact) mass is 221 g/mol. The van der Waals surface area contributed by atoms with Crippen molar-refractivity contribution in [1.82, 2.24) is 0 Å². The first-order valence-electron chi connectivity index (χ1n) is 4.85. The molecule has 0 aliphatic rings. The number of carboxylic acids is 1. The maximum absolute atomic E-state index is 10.3. The van der Waals surface area contributed by atoms with Crippen LogP contribution in [0, 0.1) is 0 Å². The molecule has 1 unspecified atom stereocenters. The van der Waals surface area contributed by atoms with Gasteiger partial charge in [-0.3, -0.25) is 4.79 Å². The zero-order chi connectivity index (χ0) is 10.8. The highest BCUT2D eigenvalue weighted by atomic mass is 32.2. The van der Waals surface area contributed by atoms with Crippen LogP contribution in [-0.4, -0.2) is 40.3 Å². The fourth-order valence-corrected chi connectivity index (χ4v) is 1.96. The molecule has 14 heavy (non-hydrogen) atoms. The number of aliphatic hydroxyl groups excluding tert-OH is 1. The molecule has 0 rings (SSSR count). The molecule has 1 atom stereocenters. The first-order valence-corrected chi connectivity index (χ1v) is 6.01. The Morgan fingerprint density at radius 1 is 1.29 bits per heavy atom. The maximum atomic E-state index is 10.3. The van der Waals surface area contributed by atoms with Crippen molar-refractivity contribution in [2.45, 2.75) is 31.7 Å². The normalized spacial score (nSPS) is 12.7. The van der Waals surface area contributed by atoms with E-state index in [0.29, 0.717) is 6.42 Å². The van der Waals surface area contributed by atoms with Crippen molar-refractivity contribution >= 4 is 17.7 Å². The molecule has 0 aliphatic carbocycles. The van der Waals surface area contributed by atoms with E-state index in [9.17, 15) is 4.79 Å². The lowest BCUT2D eigenvalue weighted by Crippen LogP contribution is -2.30. The smallest absolute Gasteiger partial charge is 0.320 e. The predicted octanol–water partition coefficient (Wildman–Crippen LogP) is 0.684. The van der Waals surface area contributed by atoms with Gasteiger partial charge in [-0.2, -0.15) is 11.8 Å². The largest absolute Gasteiger partial charge is 0.480 e. The Hall–Kier alpha value is -0.260. The fraction of sp³-hybridized carbons (Fsp3) is 0.889. The Bertz CT molecular complexity index is 155. The summed E-state index contributed by atoms with van der Waals surface area (Å²) in [6.07, 6.45) is 3.50. The molecule has 5 heteroatoms. The van der Waals surface area contributed by atoms with Gasteiger partial charge in [-0.1, -0.05) is 6.42 Å². The number of aliphatic carboxylic acids is 1. The van der Waals surface area contributed by atoms with Crippen LogP contribution < -0.4 is 5.73 Å². The first-order chi connectivity index (χ1) is 6.68. The molecule has 0 radical (unpaired) electrons. The number of carboxylic acid groups (broad SMARTS) is 1. The Balaban J connectivity index is 3.09. The van der Waals surface area contributed by atoms with Gasteiger partial charge in [-0.15, -0.1) is 0 Å². The van der Waals surface area contributed by atoms with Crippen molar-refractivity contribution in [2.24, 2.45) is 5.73 Å². The van der Waals surface area contributed by atoms with Gasteiger partial charge in [0.15, 0.2) is 0 Å². The van der Waals surface area contributed by atoms with Gasteiger partial charge < -0.3 is 15.9 Å². The highest BCUT2D eigenvalue weighted by Gasteiger charge is 2.09. The number of carbonyl (C=O) groups is 1. The first kappa shape index (κ1) is 13.7. The summed E-state index contributed by atoms with van der Waals surface area (Å²) in [5.74, 6) is 0.893. The molecule has 0 heterocycles. The topological polar surface area (TPSA) is 83.5 Å². The van der Waals surface area contributed by atoms with Crippen LogP contribution in [0.4, 0.5) is 0 Å². The number of rotatable bonds is 9. The molecule has 0 saturated carbocycles. The van der Waals surface area contributed by atoms with Crippen LogP contribution in [0.3, 0.4) is 0 Å². The standard InChI is InChI=1S/C9H19NO3S/c10-8(9(12)13)4-7-14-6-3-1-2-5-11/h8,11H,1-7,10H2,(H,12,13). The molecule has 0 aromatic carbocycles.